The third kappa shape index (κ3) is 6.07. The van der Waals surface area contributed by atoms with Crippen LogP contribution in [0, 0.1) is 5.92 Å². The second-order valence-corrected chi connectivity index (χ2v) is 8.58. The molecule has 1 aliphatic rings. The summed E-state index contributed by atoms with van der Waals surface area (Å²) in [4.78, 5) is 30.2. The van der Waals surface area contributed by atoms with Gasteiger partial charge in [0.15, 0.2) is 0 Å². The molecule has 30 heavy (non-hydrogen) atoms. The van der Waals surface area contributed by atoms with E-state index < -0.39 is 6.04 Å². The smallest absolute Gasteiger partial charge is 0.251 e. The summed E-state index contributed by atoms with van der Waals surface area (Å²) in [7, 11) is 0. The SMILES string of the molecule is CC(C)C(NC(=O)c1ccc(Cl)cc1)C(=O)N1CCCN(Cc2ccccc2)CC1. The van der Waals surface area contributed by atoms with Gasteiger partial charge in [0.2, 0.25) is 5.91 Å². The number of benzene rings is 2. The predicted molar refractivity (Wildman–Crippen MR) is 120 cm³/mol. The molecule has 0 aliphatic carbocycles. The highest BCUT2D eigenvalue weighted by molar-refractivity contribution is 6.30. The van der Waals surface area contributed by atoms with Crippen LogP contribution >= 0.6 is 11.6 Å². The van der Waals surface area contributed by atoms with Gasteiger partial charge in [-0.15, -0.1) is 0 Å². The number of carbonyl (C=O) groups is 2. The number of carbonyl (C=O) groups excluding carboxylic acids is 2. The molecule has 1 heterocycles. The van der Waals surface area contributed by atoms with Gasteiger partial charge in [-0.25, -0.2) is 0 Å². The van der Waals surface area contributed by atoms with E-state index in [1.807, 2.05) is 24.8 Å². The molecule has 0 spiro atoms. The van der Waals surface area contributed by atoms with Crippen molar-refractivity contribution in [3.05, 3.63) is 70.7 Å². The molecule has 0 aromatic heterocycles. The molecule has 1 fully saturated rings. The zero-order valence-corrected chi connectivity index (χ0v) is 18.4. The first-order valence-electron chi connectivity index (χ1n) is 10.6. The fourth-order valence-electron chi connectivity index (χ4n) is 3.73. The van der Waals surface area contributed by atoms with E-state index >= 15 is 0 Å². The second kappa shape index (κ2) is 10.6. The molecule has 1 atom stereocenters. The van der Waals surface area contributed by atoms with Gasteiger partial charge in [-0.2, -0.15) is 0 Å². The molecule has 1 N–H and O–H groups in total. The van der Waals surface area contributed by atoms with Gasteiger partial charge in [0.1, 0.15) is 6.04 Å². The Balaban J connectivity index is 1.60. The maximum atomic E-state index is 13.3. The maximum Gasteiger partial charge on any atom is 0.251 e. The van der Waals surface area contributed by atoms with Gasteiger partial charge in [-0.05, 0) is 42.2 Å². The summed E-state index contributed by atoms with van der Waals surface area (Å²) < 4.78 is 0. The molecule has 1 saturated heterocycles. The number of amides is 2. The van der Waals surface area contributed by atoms with Gasteiger partial charge in [0, 0.05) is 43.3 Å². The average molecular weight is 428 g/mol. The van der Waals surface area contributed by atoms with Crippen molar-refractivity contribution in [3.63, 3.8) is 0 Å². The van der Waals surface area contributed by atoms with Crippen LogP contribution in [0.3, 0.4) is 0 Å². The molecular weight excluding hydrogens is 398 g/mol. The topological polar surface area (TPSA) is 52.7 Å². The van der Waals surface area contributed by atoms with Crippen LogP contribution in [0.4, 0.5) is 0 Å². The summed E-state index contributed by atoms with van der Waals surface area (Å²) in [5.41, 5.74) is 1.79. The van der Waals surface area contributed by atoms with E-state index in [2.05, 4.69) is 34.5 Å². The summed E-state index contributed by atoms with van der Waals surface area (Å²) in [6.07, 6.45) is 0.925. The Kier molecular flexibility index (Phi) is 7.88. The van der Waals surface area contributed by atoms with Gasteiger partial charge in [0.25, 0.3) is 5.91 Å². The van der Waals surface area contributed by atoms with E-state index in [1.54, 1.807) is 24.3 Å². The minimum Gasteiger partial charge on any atom is -0.340 e. The van der Waals surface area contributed by atoms with Gasteiger partial charge in [-0.1, -0.05) is 55.8 Å². The Hall–Kier alpha value is -2.37. The zero-order chi connectivity index (χ0) is 21.5. The summed E-state index contributed by atoms with van der Waals surface area (Å²) in [6, 6.07) is 16.6. The molecule has 0 bridgehead atoms. The van der Waals surface area contributed by atoms with Crippen LogP contribution in [0.1, 0.15) is 36.2 Å². The number of nitrogens with one attached hydrogen (secondary N) is 1. The van der Waals surface area contributed by atoms with E-state index in [9.17, 15) is 9.59 Å². The number of rotatable bonds is 6. The van der Waals surface area contributed by atoms with Crippen molar-refractivity contribution in [1.29, 1.82) is 0 Å². The Morgan fingerprint density at radius 1 is 0.967 bits per heavy atom. The molecule has 2 amide bonds. The molecule has 6 heteroatoms. The Morgan fingerprint density at radius 2 is 1.67 bits per heavy atom. The summed E-state index contributed by atoms with van der Waals surface area (Å²) in [5.74, 6) is -0.259. The third-order valence-electron chi connectivity index (χ3n) is 5.47. The van der Waals surface area contributed by atoms with Crippen LogP contribution < -0.4 is 5.32 Å². The Bertz CT molecular complexity index is 839. The van der Waals surface area contributed by atoms with Crippen LogP contribution in [0.15, 0.2) is 54.6 Å². The monoisotopic (exact) mass is 427 g/mol. The van der Waals surface area contributed by atoms with Gasteiger partial charge in [0.05, 0.1) is 0 Å². The number of hydrogen-bond donors (Lipinski definition) is 1. The first-order chi connectivity index (χ1) is 14.4. The zero-order valence-electron chi connectivity index (χ0n) is 17.7. The fourth-order valence-corrected chi connectivity index (χ4v) is 3.85. The van der Waals surface area contributed by atoms with Crippen LogP contribution in [-0.4, -0.2) is 53.8 Å². The molecular formula is C24H30ClN3O2. The summed E-state index contributed by atoms with van der Waals surface area (Å²) in [5, 5.41) is 3.51. The van der Waals surface area contributed by atoms with Crippen LogP contribution in [0.2, 0.25) is 5.02 Å². The van der Waals surface area contributed by atoms with Crippen molar-refractivity contribution in [1.82, 2.24) is 15.1 Å². The van der Waals surface area contributed by atoms with Crippen molar-refractivity contribution >= 4 is 23.4 Å². The highest BCUT2D eigenvalue weighted by Crippen LogP contribution is 2.14. The van der Waals surface area contributed by atoms with Crippen LogP contribution in [-0.2, 0) is 11.3 Å². The standard InChI is InChI=1S/C24H30ClN3O2/c1-18(2)22(26-23(29)20-9-11-21(25)12-10-20)24(30)28-14-6-13-27(15-16-28)17-19-7-4-3-5-8-19/h3-5,7-12,18,22H,6,13-17H2,1-2H3,(H,26,29). The third-order valence-corrected chi connectivity index (χ3v) is 5.73. The van der Waals surface area contributed by atoms with Crippen molar-refractivity contribution < 1.29 is 9.59 Å². The lowest BCUT2D eigenvalue weighted by Gasteiger charge is -2.29. The van der Waals surface area contributed by atoms with E-state index in [0.717, 1.165) is 26.1 Å². The largest absolute Gasteiger partial charge is 0.340 e. The first-order valence-corrected chi connectivity index (χ1v) is 10.9. The highest BCUT2D eigenvalue weighted by Gasteiger charge is 2.30. The van der Waals surface area contributed by atoms with E-state index in [0.29, 0.717) is 23.7 Å². The van der Waals surface area contributed by atoms with Crippen LogP contribution in [0.5, 0.6) is 0 Å². The molecule has 0 radical (unpaired) electrons. The lowest BCUT2D eigenvalue weighted by Crippen LogP contribution is -2.52. The molecule has 2 aromatic carbocycles. The lowest BCUT2D eigenvalue weighted by molar-refractivity contribution is -0.134. The van der Waals surface area contributed by atoms with Gasteiger partial charge in [-0.3, -0.25) is 14.5 Å². The summed E-state index contributed by atoms with van der Waals surface area (Å²) in [6.45, 7) is 7.99. The molecule has 1 unspecified atom stereocenters. The van der Waals surface area contributed by atoms with Gasteiger partial charge < -0.3 is 10.2 Å². The Morgan fingerprint density at radius 3 is 2.33 bits per heavy atom. The Labute approximate surface area is 184 Å². The minimum absolute atomic E-state index is 0.00238. The number of halogens is 1. The van der Waals surface area contributed by atoms with Crippen molar-refractivity contribution in [2.75, 3.05) is 26.2 Å². The number of nitrogens with zero attached hydrogens (tertiary/aromatic N) is 2. The number of hydrogen-bond acceptors (Lipinski definition) is 3. The fraction of sp³-hybridized carbons (Fsp3) is 0.417. The molecule has 3 rings (SSSR count). The van der Waals surface area contributed by atoms with E-state index in [4.69, 9.17) is 11.6 Å². The predicted octanol–water partition coefficient (Wildman–Crippen LogP) is 3.83. The minimum atomic E-state index is -0.547. The maximum absolute atomic E-state index is 13.3. The van der Waals surface area contributed by atoms with Crippen LogP contribution in [0.25, 0.3) is 0 Å². The molecule has 5 nitrogen and oxygen atoms in total. The average Bonchev–Trinajstić information content (AvgIpc) is 2.98. The van der Waals surface area contributed by atoms with E-state index in [1.165, 1.54) is 5.56 Å². The normalized spacial score (nSPS) is 16.2. The van der Waals surface area contributed by atoms with Crippen molar-refractivity contribution in [3.8, 4) is 0 Å². The van der Waals surface area contributed by atoms with Crippen molar-refractivity contribution in [2.24, 2.45) is 5.92 Å². The quantitative estimate of drug-likeness (QED) is 0.762. The van der Waals surface area contributed by atoms with E-state index in [-0.39, 0.29) is 17.7 Å². The molecule has 160 valence electrons. The molecule has 2 aromatic rings. The highest BCUT2D eigenvalue weighted by atomic mass is 35.5. The second-order valence-electron chi connectivity index (χ2n) is 8.14. The first kappa shape index (κ1) is 22.3. The summed E-state index contributed by atoms with van der Waals surface area (Å²) >= 11 is 5.91. The molecule has 1 aliphatic heterocycles. The molecule has 0 saturated carbocycles. The van der Waals surface area contributed by atoms with Crippen molar-refractivity contribution in [2.45, 2.75) is 32.9 Å². The van der Waals surface area contributed by atoms with Gasteiger partial charge >= 0.3 is 0 Å². The lowest BCUT2D eigenvalue weighted by atomic mass is 10.0.